The Morgan fingerprint density at radius 2 is 1.92 bits per heavy atom. The van der Waals surface area contributed by atoms with Crippen molar-refractivity contribution in [2.75, 3.05) is 18.0 Å². The molecule has 0 aliphatic carbocycles. The van der Waals surface area contributed by atoms with E-state index in [1.165, 1.54) is 0 Å². The van der Waals surface area contributed by atoms with Gasteiger partial charge in [-0.3, -0.25) is 9.59 Å². The third-order valence-corrected chi connectivity index (χ3v) is 5.13. The number of hydrogen-bond acceptors (Lipinski definition) is 3. The van der Waals surface area contributed by atoms with Gasteiger partial charge in [-0.2, -0.15) is 0 Å². The molecule has 0 saturated carbocycles. The second-order valence-electron chi connectivity index (χ2n) is 5.97. The minimum atomic E-state index is -0.589. The number of nitrogens with one attached hydrogen (secondary N) is 1. The molecule has 3 N–H and O–H groups in total. The second kappa shape index (κ2) is 8.70. The van der Waals surface area contributed by atoms with Crippen LogP contribution >= 0.6 is 24.0 Å². The van der Waals surface area contributed by atoms with E-state index in [9.17, 15) is 9.59 Å². The highest BCUT2D eigenvalue weighted by Gasteiger charge is 2.39. The number of amides is 2. The summed E-state index contributed by atoms with van der Waals surface area (Å²) in [7, 11) is 0. The van der Waals surface area contributed by atoms with Crippen LogP contribution in [0.1, 0.15) is 33.1 Å². The minimum absolute atomic E-state index is 0. The van der Waals surface area contributed by atoms with Gasteiger partial charge in [0.05, 0.1) is 5.41 Å². The highest BCUT2D eigenvalue weighted by Crippen LogP contribution is 2.27. The van der Waals surface area contributed by atoms with E-state index in [1.807, 2.05) is 26.0 Å². The van der Waals surface area contributed by atoms with Crippen molar-refractivity contribution in [3.8, 4) is 0 Å². The fourth-order valence-electron chi connectivity index (χ4n) is 2.96. The van der Waals surface area contributed by atoms with Crippen molar-refractivity contribution < 1.29 is 9.59 Å². The topological polar surface area (TPSA) is 75.4 Å². The van der Waals surface area contributed by atoms with Crippen LogP contribution in [0.3, 0.4) is 0 Å². The molecule has 1 saturated heterocycles. The van der Waals surface area contributed by atoms with Gasteiger partial charge in [0, 0.05) is 23.8 Å². The van der Waals surface area contributed by atoms with Crippen LogP contribution in [0.2, 0.25) is 5.02 Å². The molecule has 1 aliphatic heterocycles. The van der Waals surface area contributed by atoms with E-state index < -0.39 is 11.5 Å². The zero-order chi connectivity index (χ0) is 17.0. The van der Waals surface area contributed by atoms with Gasteiger partial charge in [0.15, 0.2) is 0 Å². The number of hydrogen-bond donors (Lipinski definition) is 2. The maximum Gasteiger partial charge on any atom is 0.249 e. The molecule has 7 heteroatoms. The van der Waals surface area contributed by atoms with Gasteiger partial charge in [0.1, 0.15) is 6.04 Å². The summed E-state index contributed by atoms with van der Waals surface area (Å²) in [4.78, 5) is 26.8. The first-order valence-corrected chi connectivity index (χ1v) is 8.43. The molecule has 134 valence electrons. The first-order valence-electron chi connectivity index (χ1n) is 8.05. The fourth-order valence-corrected chi connectivity index (χ4v) is 3.08. The summed E-state index contributed by atoms with van der Waals surface area (Å²) in [6.07, 6.45) is 1.92. The van der Waals surface area contributed by atoms with Crippen LogP contribution in [0, 0.1) is 5.41 Å². The molecule has 0 bridgehead atoms. The quantitative estimate of drug-likeness (QED) is 0.804. The molecule has 0 radical (unpaired) electrons. The van der Waals surface area contributed by atoms with Gasteiger partial charge in [-0.25, -0.2) is 0 Å². The van der Waals surface area contributed by atoms with Gasteiger partial charge in [-0.1, -0.05) is 25.4 Å². The summed E-state index contributed by atoms with van der Waals surface area (Å²) < 4.78 is 0. The Hall–Kier alpha value is -1.30. The summed E-state index contributed by atoms with van der Waals surface area (Å²) >= 11 is 5.88. The smallest absolute Gasteiger partial charge is 0.249 e. The Labute approximate surface area is 154 Å². The largest absolute Gasteiger partial charge is 0.344 e. The summed E-state index contributed by atoms with van der Waals surface area (Å²) in [5.41, 5.74) is 6.01. The van der Waals surface area contributed by atoms with Crippen molar-refractivity contribution >= 4 is 41.5 Å². The van der Waals surface area contributed by atoms with E-state index in [0.717, 1.165) is 5.69 Å². The van der Waals surface area contributed by atoms with Crippen LogP contribution in [0.25, 0.3) is 0 Å². The van der Waals surface area contributed by atoms with E-state index in [1.54, 1.807) is 17.0 Å². The number of benzene rings is 1. The third-order valence-electron chi connectivity index (χ3n) is 4.88. The van der Waals surface area contributed by atoms with Crippen molar-refractivity contribution in [3.63, 3.8) is 0 Å². The van der Waals surface area contributed by atoms with Crippen LogP contribution in [0.4, 0.5) is 5.69 Å². The van der Waals surface area contributed by atoms with Crippen molar-refractivity contribution in [3.05, 3.63) is 29.3 Å². The lowest BCUT2D eigenvalue weighted by molar-refractivity contribution is -0.134. The standard InChI is InChI=1S/C17H24ClN3O2.ClH/c1-3-17(4-2,11-19)16(23)20-14-9-10-21(15(14)22)13-7-5-12(18)6-8-13;/h5-8,14H,3-4,9-11,19H2,1-2H3,(H,20,23);1H. The zero-order valence-corrected chi connectivity index (χ0v) is 15.6. The average molecular weight is 374 g/mol. The van der Waals surface area contributed by atoms with Crippen LogP contribution in [-0.2, 0) is 9.59 Å². The van der Waals surface area contributed by atoms with E-state index >= 15 is 0 Å². The molecule has 0 spiro atoms. The number of halogens is 2. The van der Waals surface area contributed by atoms with Gasteiger partial charge in [-0.05, 0) is 43.5 Å². The Balaban J connectivity index is 0.00000288. The summed E-state index contributed by atoms with van der Waals surface area (Å²) in [5.74, 6) is -0.208. The Kier molecular flexibility index (Phi) is 7.52. The van der Waals surface area contributed by atoms with Crippen LogP contribution in [0.15, 0.2) is 24.3 Å². The van der Waals surface area contributed by atoms with Gasteiger partial charge >= 0.3 is 0 Å². The van der Waals surface area contributed by atoms with E-state index in [0.29, 0.717) is 30.8 Å². The number of anilines is 1. The van der Waals surface area contributed by atoms with Crippen molar-refractivity contribution in [2.45, 2.75) is 39.2 Å². The molecule has 1 unspecified atom stereocenters. The molecule has 24 heavy (non-hydrogen) atoms. The first kappa shape index (κ1) is 20.7. The Morgan fingerprint density at radius 1 is 1.33 bits per heavy atom. The highest BCUT2D eigenvalue weighted by molar-refractivity contribution is 6.30. The Bertz CT molecular complexity index is 565. The first-order chi connectivity index (χ1) is 11.0. The molecule has 1 aromatic carbocycles. The molecule has 1 aliphatic rings. The third kappa shape index (κ3) is 4.02. The monoisotopic (exact) mass is 373 g/mol. The van der Waals surface area contributed by atoms with Crippen molar-refractivity contribution in [1.82, 2.24) is 5.32 Å². The molecule has 1 aromatic rings. The molecular weight excluding hydrogens is 349 g/mol. The van der Waals surface area contributed by atoms with Crippen molar-refractivity contribution in [1.29, 1.82) is 0 Å². The molecule has 1 fully saturated rings. The SMILES string of the molecule is CCC(CC)(CN)C(=O)NC1CCN(c2ccc(Cl)cc2)C1=O.Cl. The fraction of sp³-hybridized carbons (Fsp3) is 0.529. The van der Waals surface area contributed by atoms with Crippen LogP contribution < -0.4 is 16.0 Å². The molecule has 1 heterocycles. The van der Waals surface area contributed by atoms with Crippen LogP contribution in [-0.4, -0.2) is 30.9 Å². The summed E-state index contributed by atoms with van der Waals surface area (Å²) in [6.45, 7) is 4.77. The predicted octanol–water partition coefficient (Wildman–Crippen LogP) is 2.75. The molecule has 5 nitrogen and oxygen atoms in total. The molecule has 2 rings (SSSR count). The lowest BCUT2D eigenvalue weighted by atomic mass is 9.81. The number of carbonyl (C=O) groups excluding carboxylic acids is 2. The maximum atomic E-state index is 12.6. The Morgan fingerprint density at radius 3 is 2.42 bits per heavy atom. The van der Waals surface area contributed by atoms with Gasteiger partial charge in [0.25, 0.3) is 0 Å². The van der Waals surface area contributed by atoms with Gasteiger partial charge in [0.2, 0.25) is 11.8 Å². The highest BCUT2D eigenvalue weighted by atomic mass is 35.5. The minimum Gasteiger partial charge on any atom is -0.344 e. The number of rotatable bonds is 6. The van der Waals surface area contributed by atoms with Crippen molar-refractivity contribution in [2.24, 2.45) is 11.1 Å². The number of nitrogens with two attached hydrogens (primary N) is 1. The molecule has 2 amide bonds. The van der Waals surface area contributed by atoms with E-state index in [4.69, 9.17) is 17.3 Å². The number of nitrogens with zero attached hydrogens (tertiary/aromatic N) is 1. The number of carbonyl (C=O) groups is 2. The normalized spacial score (nSPS) is 17.6. The second-order valence-corrected chi connectivity index (χ2v) is 6.41. The lowest BCUT2D eigenvalue weighted by Crippen LogP contribution is -2.51. The van der Waals surface area contributed by atoms with E-state index in [2.05, 4.69) is 5.32 Å². The van der Waals surface area contributed by atoms with Gasteiger partial charge < -0.3 is 16.0 Å². The molecule has 0 aromatic heterocycles. The van der Waals surface area contributed by atoms with E-state index in [-0.39, 0.29) is 30.8 Å². The van der Waals surface area contributed by atoms with Crippen LogP contribution in [0.5, 0.6) is 0 Å². The molecule has 1 atom stereocenters. The molecular formula is C17H25Cl2N3O2. The predicted molar refractivity (Wildman–Crippen MR) is 99.7 cm³/mol. The summed E-state index contributed by atoms with van der Waals surface area (Å²) in [6, 6.07) is 6.65. The lowest BCUT2D eigenvalue weighted by Gasteiger charge is -2.29. The zero-order valence-electron chi connectivity index (χ0n) is 14.0. The maximum absolute atomic E-state index is 12.6. The average Bonchev–Trinajstić information content (AvgIpc) is 2.91. The van der Waals surface area contributed by atoms with Gasteiger partial charge in [-0.15, -0.1) is 12.4 Å². The summed E-state index contributed by atoms with van der Waals surface area (Å²) in [5, 5.41) is 3.53.